The Morgan fingerprint density at radius 1 is 1.33 bits per heavy atom. The molecule has 0 spiro atoms. The Hall–Kier alpha value is -2.68. The molecule has 1 atom stereocenters. The van der Waals surface area contributed by atoms with E-state index >= 15 is 0 Å². The molecule has 1 aromatic carbocycles. The smallest absolute Gasteiger partial charge is 0.254 e. The summed E-state index contributed by atoms with van der Waals surface area (Å²) in [4.78, 5) is 18.7. The van der Waals surface area contributed by atoms with Crippen molar-refractivity contribution in [1.82, 2.24) is 20.1 Å². The quantitative estimate of drug-likeness (QED) is 0.912. The number of nitrogens with zero attached hydrogens (tertiary/aromatic N) is 4. The number of aromatic nitrogens is 3. The van der Waals surface area contributed by atoms with Crippen LogP contribution < -0.4 is 0 Å². The monoisotopic (exact) mass is 281 g/mol. The van der Waals surface area contributed by atoms with E-state index in [0.29, 0.717) is 17.7 Å². The van der Waals surface area contributed by atoms with Crippen molar-refractivity contribution in [3.8, 4) is 6.07 Å². The Balaban J connectivity index is 1.85. The number of rotatable bonds is 2. The molecule has 1 amide bonds. The zero-order valence-electron chi connectivity index (χ0n) is 11.5. The number of carbonyl (C=O) groups excluding carboxylic acids is 1. The van der Waals surface area contributed by atoms with Gasteiger partial charge in [0.15, 0.2) is 0 Å². The Morgan fingerprint density at radius 2 is 2.14 bits per heavy atom. The molecule has 0 saturated carbocycles. The molecule has 0 bridgehead atoms. The van der Waals surface area contributed by atoms with Crippen LogP contribution in [-0.2, 0) is 0 Å². The van der Waals surface area contributed by atoms with Crippen LogP contribution in [0.1, 0.15) is 47.1 Å². The van der Waals surface area contributed by atoms with Gasteiger partial charge in [-0.1, -0.05) is 0 Å². The summed E-state index contributed by atoms with van der Waals surface area (Å²) in [6.07, 6.45) is 4.42. The molecule has 2 aromatic rings. The van der Waals surface area contributed by atoms with Gasteiger partial charge in [0.25, 0.3) is 5.91 Å². The predicted octanol–water partition coefficient (Wildman–Crippen LogP) is 2.04. The first kappa shape index (κ1) is 13.3. The maximum Gasteiger partial charge on any atom is 0.254 e. The Bertz CT molecular complexity index is 656. The predicted molar refractivity (Wildman–Crippen MR) is 75.2 cm³/mol. The number of aromatic amines is 1. The van der Waals surface area contributed by atoms with Crippen molar-refractivity contribution >= 4 is 5.91 Å². The number of H-pyrrole nitrogens is 1. The van der Waals surface area contributed by atoms with Crippen LogP contribution >= 0.6 is 0 Å². The van der Waals surface area contributed by atoms with Gasteiger partial charge in [-0.15, -0.1) is 0 Å². The summed E-state index contributed by atoms with van der Waals surface area (Å²) in [5.41, 5.74) is 1.15. The third-order valence-electron chi connectivity index (χ3n) is 3.77. The number of likely N-dealkylation sites (tertiary alicyclic amines) is 1. The number of benzene rings is 1. The highest BCUT2D eigenvalue weighted by molar-refractivity contribution is 5.94. The molecule has 6 nitrogen and oxygen atoms in total. The van der Waals surface area contributed by atoms with E-state index < -0.39 is 0 Å². The number of hydrogen-bond acceptors (Lipinski definition) is 4. The van der Waals surface area contributed by atoms with Gasteiger partial charge >= 0.3 is 0 Å². The first-order chi connectivity index (χ1) is 10.3. The van der Waals surface area contributed by atoms with Crippen LogP contribution in [0.2, 0.25) is 0 Å². The lowest BCUT2D eigenvalue weighted by Crippen LogP contribution is -2.39. The Labute approximate surface area is 122 Å². The van der Waals surface area contributed by atoms with Crippen LogP contribution in [0.4, 0.5) is 0 Å². The molecule has 1 aliphatic heterocycles. The van der Waals surface area contributed by atoms with Crippen LogP contribution in [0.15, 0.2) is 30.6 Å². The van der Waals surface area contributed by atoms with Crippen LogP contribution in [0, 0.1) is 11.3 Å². The van der Waals surface area contributed by atoms with Crippen molar-refractivity contribution in [3.63, 3.8) is 0 Å². The van der Waals surface area contributed by atoms with E-state index in [2.05, 4.69) is 21.3 Å². The number of hydrogen-bond donors (Lipinski definition) is 1. The molecule has 2 heterocycles. The molecule has 3 rings (SSSR count). The summed E-state index contributed by atoms with van der Waals surface area (Å²) < 4.78 is 0. The number of nitriles is 1. The largest absolute Gasteiger partial charge is 0.328 e. The molecule has 0 radical (unpaired) electrons. The first-order valence-electron chi connectivity index (χ1n) is 6.96. The minimum absolute atomic E-state index is 0.0272. The van der Waals surface area contributed by atoms with E-state index in [-0.39, 0.29) is 11.9 Å². The lowest BCUT2D eigenvalue weighted by atomic mass is 10.00. The third kappa shape index (κ3) is 2.63. The van der Waals surface area contributed by atoms with Crippen molar-refractivity contribution < 1.29 is 4.79 Å². The van der Waals surface area contributed by atoms with Gasteiger partial charge < -0.3 is 4.90 Å². The average molecular weight is 281 g/mol. The zero-order chi connectivity index (χ0) is 14.7. The van der Waals surface area contributed by atoms with E-state index in [1.165, 1.54) is 6.33 Å². The van der Waals surface area contributed by atoms with Gasteiger partial charge in [0.2, 0.25) is 0 Å². The Morgan fingerprint density at radius 3 is 2.81 bits per heavy atom. The van der Waals surface area contributed by atoms with Crippen LogP contribution in [-0.4, -0.2) is 32.5 Å². The molecule has 21 heavy (non-hydrogen) atoms. The highest BCUT2D eigenvalue weighted by Crippen LogP contribution is 2.29. The lowest BCUT2D eigenvalue weighted by molar-refractivity contribution is 0.0600. The highest BCUT2D eigenvalue weighted by Gasteiger charge is 2.30. The highest BCUT2D eigenvalue weighted by atomic mass is 16.2. The zero-order valence-corrected chi connectivity index (χ0v) is 11.5. The summed E-state index contributed by atoms with van der Waals surface area (Å²) in [6.45, 7) is 0.713. The number of nitrogens with one attached hydrogen (secondary N) is 1. The van der Waals surface area contributed by atoms with Gasteiger partial charge in [-0.25, -0.2) is 4.98 Å². The summed E-state index contributed by atoms with van der Waals surface area (Å²) in [5, 5.41) is 15.6. The third-order valence-corrected chi connectivity index (χ3v) is 3.77. The second kappa shape index (κ2) is 5.75. The number of amides is 1. The molecule has 0 aliphatic carbocycles. The van der Waals surface area contributed by atoms with Crippen molar-refractivity contribution in [2.75, 3.05) is 6.54 Å². The van der Waals surface area contributed by atoms with Crippen LogP contribution in [0.3, 0.4) is 0 Å². The fourth-order valence-corrected chi connectivity index (χ4v) is 2.69. The molecular weight excluding hydrogens is 266 g/mol. The van der Waals surface area contributed by atoms with Gasteiger partial charge in [0, 0.05) is 12.1 Å². The molecule has 106 valence electrons. The standard InChI is InChI=1S/C15H15N5O/c16-9-11-4-6-12(7-5-11)15(21)20-8-2-1-3-13(20)14-17-10-18-19-14/h4-7,10,13H,1-3,8H2,(H,17,18,19). The lowest BCUT2D eigenvalue weighted by Gasteiger charge is -2.34. The van der Waals surface area contributed by atoms with Crippen LogP contribution in [0.5, 0.6) is 0 Å². The average Bonchev–Trinajstić information content (AvgIpc) is 3.08. The van der Waals surface area contributed by atoms with Gasteiger partial charge in [-0.2, -0.15) is 10.4 Å². The summed E-state index contributed by atoms with van der Waals surface area (Å²) in [5.74, 6) is 0.706. The van der Waals surface area contributed by atoms with Crippen molar-refractivity contribution in [2.24, 2.45) is 0 Å². The first-order valence-corrected chi connectivity index (χ1v) is 6.96. The van der Waals surface area contributed by atoms with Gasteiger partial charge in [0.1, 0.15) is 12.2 Å². The molecule has 1 aromatic heterocycles. The summed E-state index contributed by atoms with van der Waals surface area (Å²) >= 11 is 0. The second-order valence-electron chi connectivity index (χ2n) is 5.07. The van der Waals surface area contributed by atoms with E-state index in [1.54, 1.807) is 24.3 Å². The van der Waals surface area contributed by atoms with Crippen molar-refractivity contribution in [2.45, 2.75) is 25.3 Å². The summed E-state index contributed by atoms with van der Waals surface area (Å²) in [7, 11) is 0. The maximum absolute atomic E-state index is 12.7. The molecule has 1 fully saturated rings. The van der Waals surface area contributed by atoms with E-state index in [0.717, 1.165) is 25.1 Å². The minimum Gasteiger partial charge on any atom is -0.328 e. The van der Waals surface area contributed by atoms with Crippen molar-refractivity contribution in [1.29, 1.82) is 5.26 Å². The van der Waals surface area contributed by atoms with E-state index in [4.69, 9.17) is 5.26 Å². The maximum atomic E-state index is 12.7. The fourth-order valence-electron chi connectivity index (χ4n) is 2.69. The fraction of sp³-hybridized carbons (Fsp3) is 0.333. The molecule has 1 aliphatic rings. The normalized spacial score (nSPS) is 18.2. The van der Waals surface area contributed by atoms with Crippen LogP contribution in [0.25, 0.3) is 0 Å². The molecule has 1 saturated heterocycles. The van der Waals surface area contributed by atoms with E-state index in [1.807, 2.05) is 4.90 Å². The number of piperidine rings is 1. The molecule has 6 heteroatoms. The van der Waals surface area contributed by atoms with Gasteiger partial charge in [-0.05, 0) is 43.5 Å². The molecule has 1 unspecified atom stereocenters. The van der Waals surface area contributed by atoms with Gasteiger partial charge in [0.05, 0.1) is 17.7 Å². The minimum atomic E-state index is -0.0515. The topological polar surface area (TPSA) is 85.7 Å². The summed E-state index contributed by atoms with van der Waals surface area (Å²) in [6, 6.07) is 8.74. The second-order valence-corrected chi connectivity index (χ2v) is 5.07. The van der Waals surface area contributed by atoms with E-state index in [9.17, 15) is 4.79 Å². The number of carbonyl (C=O) groups is 1. The Kier molecular flexibility index (Phi) is 3.65. The molecular formula is C15H15N5O. The molecule has 1 N–H and O–H groups in total. The van der Waals surface area contributed by atoms with Crippen molar-refractivity contribution in [3.05, 3.63) is 47.5 Å². The van der Waals surface area contributed by atoms with Gasteiger partial charge in [-0.3, -0.25) is 9.89 Å². The SMILES string of the molecule is N#Cc1ccc(C(=O)N2CCCCC2c2ncn[nH]2)cc1.